The summed E-state index contributed by atoms with van der Waals surface area (Å²) in [6.45, 7) is 2.17. The van der Waals surface area contributed by atoms with Crippen molar-refractivity contribution in [2.24, 2.45) is 11.7 Å². The number of hydrogen-bond acceptors (Lipinski definition) is 3. The highest BCUT2D eigenvalue weighted by atomic mass is 35.5. The van der Waals surface area contributed by atoms with Crippen molar-refractivity contribution < 1.29 is 18.0 Å². The van der Waals surface area contributed by atoms with E-state index in [-0.39, 0.29) is 36.7 Å². The molecule has 2 atom stereocenters. The summed E-state index contributed by atoms with van der Waals surface area (Å²) in [5.41, 5.74) is 6.73. The second kappa shape index (κ2) is 9.41. The van der Waals surface area contributed by atoms with Crippen LogP contribution in [-0.2, 0) is 11.0 Å². The van der Waals surface area contributed by atoms with E-state index in [1.54, 1.807) is 0 Å². The van der Waals surface area contributed by atoms with Gasteiger partial charge in [-0.3, -0.25) is 9.69 Å². The number of nitrogens with zero attached hydrogens (tertiary/aromatic N) is 1. The Hall–Kier alpha value is -2.09. The van der Waals surface area contributed by atoms with E-state index in [9.17, 15) is 18.0 Å². The summed E-state index contributed by atoms with van der Waals surface area (Å²) in [5.74, 6) is 0.292. The predicted molar refractivity (Wildman–Crippen MR) is 105 cm³/mol. The molecule has 1 saturated heterocycles. The lowest BCUT2D eigenvalue weighted by atomic mass is 9.89. The van der Waals surface area contributed by atoms with Crippen molar-refractivity contribution in [1.29, 1.82) is 0 Å². The van der Waals surface area contributed by atoms with Crippen LogP contribution in [0.4, 0.5) is 18.9 Å². The van der Waals surface area contributed by atoms with Gasteiger partial charge in [0.25, 0.3) is 0 Å². The van der Waals surface area contributed by atoms with Crippen molar-refractivity contribution in [2.45, 2.75) is 12.1 Å². The Morgan fingerprint density at radius 1 is 1.07 bits per heavy atom. The minimum absolute atomic E-state index is 0. The maximum atomic E-state index is 12.6. The molecule has 1 aliphatic heterocycles. The molecule has 0 bridgehead atoms. The van der Waals surface area contributed by atoms with Crippen molar-refractivity contribution >= 4 is 24.0 Å². The van der Waals surface area contributed by atoms with Crippen LogP contribution >= 0.6 is 12.4 Å². The van der Waals surface area contributed by atoms with E-state index in [2.05, 4.69) is 17.4 Å². The molecule has 0 saturated carbocycles. The first-order valence-corrected chi connectivity index (χ1v) is 8.81. The molecule has 0 aliphatic carbocycles. The third-order valence-corrected chi connectivity index (χ3v) is 4.91. The number of alkyl halides is 3. The van der Waals surface area contributed by atoms with Gasteiger partial charge in [-0.05, 0) is 42.3 Å². The zero-order valence-electron chi connectivity index (χ0n) is 15.2. The van der Waals surface area contributed by atoms with E-state index in [0.717, 1.165) is 25.2 Å². The summed E-state index contributed by atoms with van der Waals surface area (Å²) < 4.78 is 37.8. The molecule has 1 fully saturated rings. The number of nitrogens with two attached hydrogens (primary N) is 1. The molecule has 152 valence electrons. The number of anilines is 1. The van der Waals surface area contributed by atoms with Gasteiger partial charge in [0.2, 0.25) is 5.91 Å². The van der Waals surface area contributed by atoms with E-state index in [4.69, 9.17) is 5.73 Å². The van der Waals surface area contributed by atoms with Gasteiger partial charge in [0.1, 0.15) is 0 Å². The normalized spacial score (nSPS) is 19.9. The quantitative estimate of drug-likeness (QED) is 0.785. The van der Waals surface area contributed by atoms with Crippen LogP contribution in [0, 0.1) is 5.92 Å². The van der Waals surface area contributed by atoms with Crippen molar-refractivity contribution in [3.63, 3.8) is 0 Å². The number of hydrogen-bond donors (Lipinski definition) is 2. The second-order valence-electron chi connectivity index (χ2n) is 6.83. The molecule has 4 nitrogen and oxygen atoms in total. The van der Waals surface area contributed by atoms with Gasteiger partial charge in [-0.2, -0.15) is 13.2 Å². The Morgan fingerprint density at radius 2 is 1.71 bits per heavy atom. The molecule has 2 aromatic carbocycles. The van der Waals surface area contributed by atoms with Crippen LogP contribution in [0.3, 0.4) is 0 Å². The minimum atomic E-state index is -4.39. The van der Waals surface area contributed by atoms with Gasteiger partial charge < -0.3 is 11.1 Å². The third-order valence-electron chi connectivity index (χ3n) is 4.91. The van der Waals surface area contributed by atoms with Crippen LogP contribution in [-0.4, -0.2) is 37.0 Å². The van der Waals surface area contributed by atoms with Gasteiger partial charge in [0, 0.05) is 24.7 Å². The van der Waals surface area contributed by atoms with Gasteiger partial charge >= 0.3 is 6.18 Å². The minimum Gasteiger partial charge on any atom is -0.330 e. The molecule has 3 N–H and O–H groups in total. The molecule has 0 radical (unpaired) electrons. The first-order valence-electron chi connectivity index (χ1n) is 8.81. The molecule has 3 rings (SSSR count). The molecule has 1 aliphatic rings. The Morgan fingerprint density at radius 3 is 2.29 bits per heavy atom. The molecule has 28 heavy (non-hydrogen) atoms. The van der Waals surface area contributed by atoms with Gasteiger partial charge in [0.05, 0.1) is 12.1 Å². The molecule has 0 unspecified atom stereocenters. The molecule has 0 spiro atoms. The van der Waals surface area contributed by atoms with E-state index < -0.39 is 11.7 Å². The summed E-state index contributed by atoms with van der Waals surface area (Å²) in [7, 11) is 0. The molecular formula is C20H23ClF3N3O. The van der Waals surface area contributed by atoms with E-state index in [1.165, 1.54) is 17.7 Å². The number of amides is 1. The monoisotopic (exact) mass is 413 g/mol. The van der Waals surface area contributed by atoms with Crippen LogP contribution < -0.4 is 11.1 Å². The fraction of sp³-hybridized carbons (Fsp3) is 0.350. The molecule has 0 aromatic heterocycles. The maximum absolute atomic E-state index is 12.6. The van der Waals surface area contributed by atoms with Crippen molar-refractivity contribution in [3.8, 4) is 0 Å². The Kier molecular flexibility index (Phi) is 7.46. The Bertz CT molecular complexity index is 769. The highest BCUT2D eigenvalue weighted by Crippen LogP contribution is 2.32. The van der Waals surface area contributed by atoms with Crippen molar-refractivity contribution in [3.05, 3.63) is 65.7 Å². The number of nitrogens with one attached hydrogen (secondary N) is 1. The van der Waals surface area contributed by atoms with Gasteiger partial charge in [0.15, 0.2) is 0 Å². The maximum Gasteiger partial charge on any atom is 0.416 e. The Labute approximate surface area is 168 Å². The summed E-state index contributed by atoms with van der Waals surface area (Å²) in [6.07, 6.45) is -4.39. The summed E-state index contributed by atoms with van der Waals surface area (Å²) >= 11 is 0. The number of halogens is 4. The number of carbonyl (C=O) groups is 1. The van der Waals surface area contributed by atoms with E-state index >= 15 is 0 Å². The highest BCUT2D eigenvalue weighted by Gasteiger charge is 2.33. The number of benzene rings is 2. The number of likely N-dealkylation sites (tertiary alicyclic amines) is 1. The van der Waals surface area contributed by atoms with Crippen LogP contribution in [0.15, 0.2) is 54.6 Å². The van der Waals surface area contributed by atoms with Crippen molar-refractivity contribution in [1.82, 2.24) is 4.90 Å². The van der Waals surface area contributed by atoms with Crippen LogP contribution in [0.2, 0.25) is 0 Å². The topological polar surface area (TPSA) is 58.4 Å². The lowest BCUT2D eigenvalue weighted by molar-refractivity contribution is -0.137. The largest absolute Gasteiger partial charge is 0.416 e. The summed E-state index contributed by atoms with van der Waals surface area (Å²) in [4.78, 5) is 14.3. The zero-order valence-corrected chi connectivity index (χ0v) is 16.0. The van der Waals surface area contributed by atoms with Gasteiger partial charge in [-0.25, -0.2) is 0 Å². The lowest BCUT2D eigenvalue weighted by Gasteiger charge is -2.16. The van der Waals surface area contributed by atoms with Crippen LogP contribution in [0.1, 0.15) is 17.0 Å². The lowest BCUT2D eigenvalue weighted by Crippen LogP contribution is -2.32. The Balaban J connectivity index is 0.00000280. The average Bonchev–Trinajstić information content (AvgIpc) is 3.05. The highest BCUT2D eigenvalue weighted by molar-refractivity contribution is 5.92. The molecule has 8 heteroatoms. The fourth-order valence-electron chi connectivity index (χ4n) is 3.55. The summed E-state index contributed by atoms with van der Waals surface area (Å²) in [5, 5.41) is 2.66. The molecule has 2 aromatic rings. The number of rotatable bonds is 5. The standard InChI is InChI=1S/C20H22F3N3O.ClH/c21-20(22,23)16-6-8-17(9-7-16)25-19(27)13-26-11-15(10-24)18(12-26)14-4-2-1-3-5-14;/h1-9,15,18H,10-13,24H2,(H,25,27);1H/t15-,18+;/m1./s1. The number of carbonyl (C=O) groups excluding carboxylic acids is 1. The molecule has 1 amide bonds. The smallest absolute Gasteiger partial charge is 0.330 e. The van der Waals surface area contributed by atoms with Crippen molar-refractivity contribution in [2.75, 3.05) is 31.5 Å². The SMILES string of the molecule is Cl.NC[C@@H]1CN(CC(=O)Nc2ccc(C(F)(F)F)cc2)C[C@H]1c1ccccc1. The first-order chi connectivity index (χ1) is 12.9. The zero-order chi connectivity index (χ0) is 19.4. The van der Waals surface area contributed by atoms with Crippen LogP contribution in [0.25, 0.3) is 0 Å². The summed E-state index contributed by atoms with van der Waals surface area (Å²) in [6, 6.07) is 14.5. The van der Waals surface area contributed by atoms with Gasteiger partial charge in [-0.15, -0.1) is 12.4 Å². The average molecular weight is 414 g/mol. The predicted octanol–water partition coefficient (Wildman–Crippen LogP) is 3.74. The fourth-order valence-corrected chi connectivity index (χ4v) is 3.55. The van der Waals surface area contributed by atoms with E-state index in [1.807, 2.05) is 23.1 Å². The van der Waals surface area contributed by atoms with E-state index in [0.29, 0.717) is 12.2 Å². The van der Waals surface area contributed by atoms with Crippen LogP contribution in [0.5, 0.6) is 0 Å². The van der Waals surface area contributed by atoms with Gasteiger partial charge in [-0.1, -0.05) is 30.3 Å². The first kappa shape index (κ1) is 22.2. The third kappa shape index (κ3) is 5.47. The molecular weight excluding hydrogens is 391 g/mol. The second-order valence-corrected chi connectivity index (χ2v) is 6.83. The molecule has 1 heterocycles.